The van der Waals surface area contributed by atoms with Gasteiger partial charge in [-0.1, -0.05) is 6.92 Å². The lowest BCUT2D eigenvalue weighted by Crippen LogP contribution is -2.52. The number of nitrogens with zero attached hydrogens (tertiary/aromatic N) is 1. The molecule has 1 aliphatic carbocycles. The highest BCUT2D eigenvalue weighted by Crippen LogP contribution is 2.35. The third kappa shape index (κ3) is 2.88. The summed E-state index contributed by atoms with van der Waals surface area (Å²) in [5.41, 5.74) is 0. The molecule has 2 fully saturated rings. The molecule has 1 unspecified atom stereocenters. The van der Waals surface area contributed by atoms with Gasteiger partial charge in [0.15, 0.2) is 0 Å². The molecule has 0 bridgehead atoms. The lowest BCUT2D eigenvalue weighted by Gasteiger charge is -2.36. The lowest BCUT2D eigenvalue weighted by molar-refractivity contribution is 0.153. The summed E-state index contributed by atoms with van der Waals surface area (Å²) in [7, 11) is 0. The molecule has 1 saturated carbocycles. The standard InChI is InChI=1S/C11H22N2S/c1-2-14-8-7-13-6-5-12-9-11(13)10-3-4-10/h10-12H,2-9H2,1H3. The summed E-state index contributed by atoms with van der Waals surface area (Å²) in [6.07, 6.45) is 2.95. The Kier molecular flexibility index (Phi) is 4.14. The van der Waals surface area contributed by atoms with Crippen molar-refractivity contribution in [2.45, 2.75) is 25.8 Å². The fourth-order valence-corrected chi connectivity index (χ4v) is 2.97. The van der Waals surface area contributed by atoms with Crippen molar-refractivity contribution in [3.8, 4) is 0 Å². The first-order valence-corrected chi connectivity index (χ1v) is 7.09. The minimum Gasteiger partial charge on any atom is -0.314 e. The number of thioether (sulfide) groups is 1. The quantitative estimate of drug-likeness (QED) is 0.697. The molecule has 1 aliphatic heterocycles. The summed E-state index contributed by atoms with van der Waals surface area (Å²) in [6, 6.07) is 0.862. The molecule has 1 saturated heterocycles. The number of hydrogen-bond donors (Lipinski definition) is 1. The Labute approximate surface area is 91.8 Å². The van der Waals surface area contributed by atoms with Gasteiger partial charge in [-0.25, -0.2) is 0 Å². The van der Waals surface area contributed by atoms with Gasteiger partial charge in [0.25, 0.3) is 0 Å². The highest BCUT2D eigenvalue weighted by molar-refractivity contribution is 7.99. The van der Waals surface area contributed by atoms with E-state index < -0.39 is 0 Å². The van der Waals surface area contributed by atoms with Crippen LogP contribution in [0.2, 0.25) is 0 Å². The van der Waals surface area contributed by atoms with Gasteiger partial charge in [-0.15, -0.1) is 0 Å². The molecule has 3 heteroatoms. The van der Waals surface area contributed by atoms with Crippen molar-refractivity contribution in [3.05, 3.63) is 0 Å². The van der Waals surface area contributed by atoms with E-state index >= 15 is 0 Å². The molecule has 0 spiro atoms. The minimum absolute atomic E-state index is 0.862. The molecule has 1 atom stereocenters. The van der Waals surface area contributed by atoms with E-state index in [1.54, 1.807) is 0 Å². The maximum absolute atomic E-state index is 3.53. The van der Waals surface area contributed by atoms with Crippen LogP contribution in [0, 0.1) is 5.92 Å². The summed E-state index contributed by atoms with van der Waals surface area (Å²) >= 11 is 2.07. The molecule has 2 rings (SSSR count). The highest BCUT2D eigenvalue weighted by Gasteiger charge is 2.35. The smallest absolute Gasteiger partial charge is 0.0249 e. The Morgan fingerprint density at radius 2 is 2.29 bits per heavy atom. The predicted molar refractivity (Wildman–Crippen MR) is 64.0 cm³/mol. The topological polar surface area (TPSA) is 15.3 Å². The molecule has 14 heavy (non-hydrogen) atoms. The van der Waals surface area contributed by atoms with Gasteiger partial charge in [-0.2, -0.15) is 11.8 Å². The van der Waals surface area contributed by atoms with E-state index in [2.05, 4.69) is 28.9 Å². The molecule has 0 amide bonds. The van der Waals surface area contributed by atoms with Crippen molar-refractivity contribution in [1.82, 2.24) is 10.2 Å². The van der Waals surface area contributed by atoms with Crippen LogP contribution in [0.3, 0.4) is 0 Å². The Morgan fingerprint density at radius 1 is 1.43 bits per heavy atom. The van der Waals surface area contributed by atoms with Gasteiger partial charge in [0.05, 0.1) is 0 Å². The Bertz CT molecular complexity index is 171. The van der Waals surface area contributed by atoms with Crippen molar-refractivity contribution in [2.24, 2.45) is 5.92 Å². The zero-order chi connectivity index (χ0) is 9.80. The third-order valence-corrected chi connectivity index (χ3v) is 4.17. The van der Waals surface area contributed by atoms with Gasteiger partial charge in [0.2, 0.25) is 0 Å². The van der Waals surface area contributed by atoms with E-state index in [4.69, 9.17) is 0 Å². The van der Waals surface area contributed by atoms with Gasteiger partial charge in [-0.05, 0) is 24.5 Å². The van der Waals surface area contributed by atoms with Crippen LogP contribution in [0.4, 0.5) is 0 Å². The average Bonchev–Trinajstić information content (AvgIpc) is 3.03. The van der Waals surface area contributed by atoms with Crippen LogP contribution < -0.4 is 5.32 Å². The van der Waals surface area contributed by atoms with Crippen LogP contribution in [0.25, 0.3) is 0 Å². The second-order valence-corrected chi connectivity index (χ2v) is 5.74. The average molecular weight is 214 g/mol. The van der Waals surface area contributed by atoms with Crippen LogP contribution in [-0.2, 0) is 0 Å². The molecule has 2 nitrogen and oxygen atoms in total. The maximum Gasteiger partial charge on any atom is 0.0249 e. The van der Waals surface area contributed by atoms with Gasteiger partial charge in [0, 0.05) is 38.0 Å². The predicted octanol–water partition coefficient (Wildman–Crippen LogP) is 1.42. The van der Waals surface area contributed by atoms with E-state index in [0.717, 1.165) is 12.0 Å². The van der Waals surface area contributed by atoms with E-state index in [9.17, 15) is 0 Å². The lowest BCUT2D eigenvalue weighted by atomic mass is 10.1. The fraction of sp³-hybridized carbons (Fsp3) is 1.00. The largest absolute Gasteiger partial charge is 0.314 e. The summed E-state index contributed by atoms with van der Waals surface area (Å²) in [5, 5.41) is 3.53. The Hall–Kier alpha value is 0.270. The van der Waals surface area contributed by atoms with Gasteiger partial charge >= 0.3 is 0 Å². The van der Waals surface area contributed by atoms with E-state index in [0.29, 0.717) is 0 Å². The second-order valence-electron chi connectivity index (χ2n) is 4.34. The molecule has 0 radical (unpaired) electrons. The first-order chi connectivity index (χ1) is 6.92. The van der Waals surface area contributed by atoms with Gasteiger partial charge in [0.1, 0.15) is 0 Å². The summed E-state index contributed by atoms with van der Waals surface area (Å²) in [4.78, 5) is 2.72. The highest BCUT2D eigenvalue weighted by atomic mass is 32.2. The SMILES string of the molecule is CCSCCN1CCNCC1C1CC1. The van der Waals surface area contributed by atoms with Crippen molar-refractivity contribution < 1.29 is 0 Å². The summed E-state index contributed by atoms with van der Waals surface area (Å²) < 4.78 is 0. The molecule has 1 heterocycles. The van der Waals surface area contributed by atoms with Crippen molar-refractivity contribution in [3.63, 3.8) is 0 Å². The third-order valence-electron chi connectivity index (χ3n) is 3.29. The number of rotatable bonds is 5. The molecule has 1 N–H and O–H groups in total. The normalized spacial score (nSPS) is 29.4. The summed E-state index contributed by atoms with van der Waals surface area (Å²) in [6.45, 7) is 7.26. The molecule has 2 aliphatic rings. The molecular formula is C11H22N2S. The van der Waals surface area contributed by atoms with Crippen LogP contribution in [0.5, 0.6) is 0 Å². The van der Waals surface area contributed by atoms with E-state index in [1.165, 1.54) is 50.5 Å². The van der Waals surface area contributed by atoms with Crippen LogP contribution in [0.15, 0.2) is 0 Å². The van der Waals surface area contributed by atoms with Crippen LogP contribution >= 0.6 is 11.8 Å². The first kappa shape index (κ1) is 10.8. The van der Waals surface area contributed by atoms with Crippen LogP contribution in [-0.4, -0.2) is 48.6 Å². The van der Waals surface area contributed by atoms with Crippen molar-refractivity contribution in [2.75, 3.05) is 37.7 Å². The monoisotopic (exact) mass is 214 g/mol. The van der Waals surface area contributed by atoms with E-state index in [-0.39, 0.29) is 0 Å². The minimum atomic E-state index is 0.862. The molecule has 0 aromatic heterocycles. The Morgan fingerprint density at radius 3 is 3.00 bits per heavy atom. The van der Waals surface area contributed by atoms with Gasteiger partial charge < -0.3 is 5.32 Å². The summed E-state index contributed by atoms with van der Waals surface area (Å²) in [5.74, 6) is 3.61. The Balaban J connectivity index is 1.74. The zero-order valence-electron chi connectivity index (χ0n) is 9.17. The van der Waals surface area contributed by atoms with Crippen LogP contribution in [0.1, 0.15) is 19.8 Å². The maximum atomic E-state index is 3.53. The first-order valence-electron chi connectivity index (χ1n) is 5.94. The zero-order valence-corrected chi connectivity index (χ0v) is 9.98. The van der Waals surface area contributed by atoms with Gasteiger partial charge in [-0.3, -0.25) is 4.90 Å². The fourth-order valence-electron chi connectivity index (χ4n) is 2.32. The molecule has 82 valence electrons. The number of nitrogens with one attached hydrogen (secondary N) is 1. The van der Waals surface area contributed by atoms with Crippen molar-refractivity contribution >= 4 is 11.8 Å². The van der Waals surface area contributed by atoms with Crippen molar-refractivity contribution in [1.29, 1.82) is 0 Å². The molecule has 0 aromatic rings. The second kappa shape index (κ2) is 5.38. The molecular weight excluding hydrogens is 192 g/mol. The molecule has 0 aromatic carbocycles. The van der Waals surface area contributed by atoms with E-state index in [1.807, 2.05) is 0 Å². The number of hydrogen-bond acceptors (Lipinski definition) is 3. The number of piperazine rings is 1.